The second-order valence-corrected chi connectivity index (χ2v) is 6.72. The van der Waals surface area contributed by atoms with Crippen molar-refractivity contribution in [2.75, 3.05) is 6.26 Å². The van der Waals surface area contributed by atoms with Crippen LogP contribution in [0.3, 0.4) is 0 Å². The molecular weight excluding hydrogens is 214 g/mol. The van der Waals surface area contributed by atoms with Gasteiger partial charge in [0.1, 0.15) is 0 Å². The van der Waals surface area contributed by atoms with Crippen LogP contribution < -0.4 is 5.32 Å². The lowest BCUT2D eigenvalue weighted by Gasteiger charge is -2.32. The minimum atomic E-state index is 0.834. The third kappa shape index (κ3) is 3.16. The van der Waals surface area contributed by atoms with Gasteiger partial charge in [-0.1, -0.05) is 19.8 Å². The first kappa shape index (κ1) is 12.8. The Hall–Kier alpha value is 0.310. The Kier molecular flexibility index (Phi) is 5.02. The Balaban J connectivity index is 1.73. The zero-order valence-corrected chi connectivity index (χ0v) is 11.7. The lowest BCUT2D eigenvalue weighted by molar-refractivity contribution is 0.299. The number of rotatable bonds is 4. The van der Waals surface area contributed by atoms with Crippen LogP contribution in [0.15, 0.2) is 0 Å². The molecule has 0 bridgehead atoms. The van der Waals surface area contributed by atoms with Crippen molar-refractivity contribution in [1.29, 1.82) is 0 Å². The number of hydrogen-bond acceptors (Lipinski definition) is 2. The van der Waals surface area contributed by atoms with Gasteiger partial charge in [0.2, 0.25) is 0 Å². The van der Waals surface area contributed by atoms with E-state index >= 15 is 0 Å². The zero-order valence-electron chi connectivity index (χ0n) is 10.9. The monoisotopic (exact) mass is 241 g/mol. The van der Waals surface area contributed by atoms with Crippen LogP contribution >= 0.6 is 11.8 Å². The van der Waals surface area contributed by atoms with Gasteiger partial charge < -0.3 is 5.32 Å². The van der Waals surface area contributed by atoms with E-state index in [1.807, 2.05) is 0 Å². The van der Waals surface area contributed by atoms with Crippen molar-refractivity contribution >= 4 is 11.8 Å². The summed E-state index contributed by atoms with van der Waals surface area (Å²) >= 11 is 2.07. The minimum Gasteiger partial charge on any atom is -0.311 e. The van der Waals surface area contributed by atoms with Crippen LogP contribution in [0.25, 0.3) is 0 Å². The molecule has 2 unspecified atom stereocenters. The summed E-state index contributed by atoms with van der Waals surface area (Å²) in [5.74, 6) is 0.971. The van der Waals surface area contributed by atoms with Crippen LogP contribution in [0.4, 0.5) is 0 Å². The van der Waals surface area contributed by atoms with Crippen LogP contribution in [0, 0.1) is 5.92 Å². The quantitative estimate of drug-likeness (QED) is 0.803. The number of nitrogens with one attached hydrogen (secondary N) is 1. The average molecular weight is 241 g/mol. The van der Waals surface area contributed by atoms with Gasteiger partial charge in [-0.2, -0.15) is 11.8 Å². The van der Waals surface area contributed by atoms with E-state index in [2.05, 4.69) is 30.3 Å². The van der Waals surface area contributed by atoms with Crippen molar-refractivity contribution in [3.63, 3.8) is 0 Å². The van der Waals surface area contributed by atoms with Crippen LogP contribution in [0.2, 0.25) is 0 Å². The van der Waals surface area contributed by atoms with Crippen LogP contribution in [-0.2, 0) is 0 Å². The third-order valence-electron chi connectivity index (χ3n) is 4.64. The Bertz CT molecular complexity index is 199. The Labute approximate surface area is 105 Å². The molecule has 0 amide bonds. The van der Waals surface area contributed by atoms with Gasteiger partial charge in [-0.25, -0.2) is 0 Å². The molecular formula is C14H27NS. The molecule has 2 atom stereocenters. The lowest BCUT2D eigenvalue weighted by atomic mass is 9.92. The summed E-state index contributed by atoms with van der Waals surface area (Å²) in [4.78, 5) is 0. The Morgan fingerprint density at radius 1 is 1.06 bits per heavy atom. The predicted octanol–water partition coefficient (Wildman–Crippen LogP) is 3.83. The fraction of sp³-hybridized carbons (Fsp3) is 1.00. The van der Waals surface area contributed by atoms with E-state index in [9.17, 15) is 0 Å². The molecule has 2 heteroatoms. The smallest absolute Gasteiger partial charge is 0.00978 e. The molecule has 2 fully saturated rings. The Morgan fingerprint density at radius 2 is 1.81 bits per heavy atom. The largest absolute Gasteiger partial charge is 0.311 e. The molecule has 2 aliphatic carbocycles. The standard InChI is InChI=1S/C14H27NS/c1-3-11-5-4-6-14(11)15-12-7-9-13(16-2)10-8-12/h11-15H,3-10H2,1-2H3. The van der Waals surface area contributed by atoms with E-state index in [0.717, 1.165) is 23.3 Å². The molecule has 0 aromatic rings. The highest BCUT2D eigenvalue weighted by atomic mass is 32.2. The number of thioether (sulfide) groups is 1. The Morgan fingerprint density at radius 3 is 2.44 bits per heavy atom. The fourth-order valence-electron chi connectivity index (χ4n) is 3.51. The van der Waals surface area contributed by atoms with Crippen molar-refractivity contribution < 1.29 is 0 Å². The van der Waals surface area contributed by atoms with Gasteiger partial charge in [0.15, 0.2) is 0 Å². The molecule has 16 heavy (non-hydrogen) atoms. The molecule has 2 aliphatic rings. The fourth-order valence-corrected chi connectivity index (χ4v) is 4.26. The minimum absolute atomic E-state index is 0.834. The molecule has 2 saturated carbocycles. The molecule has 1 N–H and O–H groups in total. The molecule has 0 saturated heterocycles. The van der Waals surface area contributed by atoms with Crippen molar-refractivity contribution in [2.45, 2.75) is 75.6 Å². The highest BCUT2D eigenvalue weighted by Gasteiger charge is 2.29. The van der Waals surface area contributed by atoms with Gasteiger partial charge in [0.05, 0.1) is 0 Å². The van der Waals surface area contributed by atoms with Crippen molar-refractivity contribution in [3.8, 4) is 0 Å². The normalized spacial score (nSPS) is 40.1. The number of hydrogen-bond donors (Lipinski definition) is 1. The molecule has 0 radical (unpaired) electrons. The van der Waals surface area contributed by atoms with Crippen LogP contribution in [0.1, 0.15) is 58.3 Å². The molecule has 94 valence electrons. The van der Waals surface area contributed by atoms with E-state index in [-0.39, 0.29) is 0 Å². The summed E-state index contributed by atoms with van der Waals surface area (Å²) in [6.45, 7) is 2.36. The first-order chi connectivity index (χ1) is 7.83. The lowest BCUT2D eigenvalue weighted by Crippen LogP contribution is -2.42. The third-order valence-corrected chi connectivity index (χ3v) is 5.78. The van der Waals surface area contributed by atoms with E-state index < -0.39 is 0 Å². The average Bonchev–Trinajstić information content (AvgIpc) is 2.77. The second kappa shape index (κ2) is 6.30. The first-order valence-corrected chi connectivity index (χ1v) is 8.41. The van der Waals surface area contributed by atoms with Crippen LogP contribution in [-0.4, -0.2) is 23.6 Å². The summed E-state index contributed by atoms with van der Waals surface area (Å²) in [6, 6.07) is 1.68. The van der Waals surface area contributed by atoms with Crippen molar-refractivity contribution in [1.82, 2.24) is 5.32 Å². The van der Waals surface area contributed by atoms with E-state index in [1.165, 1.54) is 51.4 Å². The van der Waals surface area contributed by atoms with Gasteiger partial charge in [-0.05, 0) is 50.7 Å². The highest BCUT2D eigenvalue weighted by molar-refractivity contribution is 7.99. The highest BCUT2D eigenvalue weighted by Crippen LogP contribution is 2.31. The van der Waals surface area contributed by atoms with Crippen molar-refractivity contribution in [2.24, 2.45) is 5.92 Å². The molecule has 0 aromatic carbocycles. The van der Waals surface area contributed by atoms with E-state index in [0.29, 0.717) is 0 Å². The van der Waals surface area contributed by atoms with Crippen LogP contribution in [0.5, 0.6) is 0 Å². The van der Waals surface area contributed by atoms with Crippen molar-refractivity contribution in [3.05, 3.63) is 0 Å². The predicted molar refractivity (Wildman–Crippen MR) is 74.1 cm³/mol. The van der Waals surface area contributed by atoms with Gasteiger partial charge >= 0.3 is 0 Å². The second-order valence-electron chi connectivity index (χ2n) is 5.58. The molecule has 0 aliphatic heterocycles. The summed E-state index contributed by atoms with van der Waals surface area (Å²) in [5.41, 5.74) is 0. The molecule has 0 spiro atoms. The van der Waals surface area contributed by atoms with Gasteiger partial charge in [0.25, 0.3) is 0 Å². The maximum absolute atomic E-state index is 3.95. The maximum Gasteiger partial charge on any atom is 0.00978 e. The topological polar surface area (TPSA) is 12.0 Å². The maximum atomic E-state index is 3.95. The molecule has 1 nitrogen and oxygen atoms in total. The zero-order chi connectivity index (χ0) is 11.4. The molecule has 0 aromatic heterocycles. The summed E-state index contributed by atoms with van der Waals surface area (Å²) in [7, 11) is 0. The summed E-state index contributed by atoms with van der Waals surface area (Å²) in [5, 5.41) is 4.90. The van der Waals surface area contributed by atoms with Gasteiger partial charge in [0, 0.05) is 17.3 Å². The van der Waals surface area contributed by atoms with E-state index in [4.69, 9.17) is 0 Å². The van der Waals surface area contributed by atoms with Gasteiger partial charge in [-0.15, -0.1) is 0 Å². The van der Waals surface area contributed by atoms with Gasteiger partial charge in [-0.3, -0.25) is 0 Å². The summed E-state index contributed by atoms with van der Waals surface area (Å²) < 4.78 is 0. The molecule has 0 heterocycles. The molecule has 2 rings (SSSR count). The van der Waals surface area contributed by atoms with E-state index in [1.54, 1.807) is 0 Å². The summed E-state index contributed by atoms with van der Waals surface area (Å²) in [6.07, 6.45) is 13.7. The SMILES string of the molecule is CCC1CCCC1NC1CCC(SC)CC1. The first-order valence-electron chi connectivity index (χ1n) is 7.12.